The number of nitrogens with two attached hydrogens (primary N) is 1. The fourth-order valence-corrected chi connectivity index (χ4v) is 2.41. The number of nitrogen functional groups attached to an aromatic ring is 1. The Morgan fingerprint density at radius 2 is 1.94 bits per heavy atom. The number of aryl methyl sites for hydroxylation is 1. The Morgan fingerprint density at radius 1 is 1.06 bits per heavy atom. The van der Waals surface area contributed by atoms with Crippen molar-refractivity contribution in [3.05, 3.63) is 41.5 Å². The molecular weight excluding hydrogens is 198 g/mol. The Balaban J connectivity index is 2.28. The van der Waals surface area contributed by atoms with Gasteiger partial charge in [-0.2, -0.15) is 0 Å². The third kappa shape index (κ3) is 1.38. The van der Waals surface area contributed by atoms with E-state index in [-0.39, 0.29) is 0 Å². The molecule has 3 rings (SSSR count). The van der Waals surface area contributed by atoms with Crippen molar-refractivity contribution in [2.75, 3.05) is 5.73 Å². The molecular formula is C14H13NO. The molecule has 0 aliphatic heterocycles. The molecule has 2 nitrogen and oxygen atoms in total. The van der Waals surface area contributed by atoms with Crippen LogP contribution in [0.25, 0.3) is 10.8 Å². The fourth-order valence-electron chi connectivity index (χ4n) is 2.41. The van der Waals surface area contributed by atoms with Gasteiger partial charge < -0.3 is 5.73 Å². The van der Waals surface area contributed by atoms with Gasteiger partial charge in [-0.1, -0.05) is 18.2 Å². The highest BCUT2D eigenvalue weighted by molar-refractivity contribution is 5.95. The molecule has 2 heteroatoms. The lowest BCUT2D eigenvalue weighted by Gasteiger charge is -2.16. The highest BCUT2D eigenvalue weighted by atomic mass is 16.1. The molecule has 0 unspecified atom stereocenters. The highest BCUT2D eigenvalue weighted by Gasteiger charge is 2.16. The first kappa shape index (κ1) is 9.40. The van der Waals surface area contributed by atoms with Crippen molar-refractivity contribution in [2.45, 2.75) is 19.3 Å². The van der Waals surface area contributed by atoms with E-state index >= 15 is 0 Å². The van der Waals surface area contributed by atoms with Crippen LogP contribution in [0.5, 0.6) is 0 Å². The maximum atomic E-state index is 11.4. The lowest BCUT2D eigenvalue weighted by atomic mass is 9.88. The zero-order valence-corrected chi connectivity index (χ0v) is 8.99. The molecule has 0 aromatic heterocycles. The maximum Gasteiger partial charge on any atom is 0.137 e. The molecule has 0 saturated carbocycles. The van der Waals surface area contributed by atoms with E-state index in [1.807, 2.05) is 12.1 Å². The SMILES string of the molecule is Nc1cccc2cc3c(cc12)CC(=O)CC3. The van der Waals surface area contributed by atoms with Crippen LogP contribution in [0.15, 0.2) is 30.3 Å². The Hall–Kier alpha value is -1.83. The van der Waals surface area contributed by atoms with E-state index < -0.39 is 0 Å². The third-order valence-electron chi connectivity index (χ3n) is 3.30. The van der Waals surface area contributed by atoms with Crippen molar-refractivity contribution < 1.29 is 4.79 Å². The zero-order valence-electron chi connectivity index (χ0n) is 8.99. The molecule has 0 radical (unpaired) electrons. The van der Waals surface area contributed by atoms with Gasteiger partial charge in [0.2, 0.25) is 0 Å². The summed E-state index contributed by atoms with van der Waals surface area (Å²) >= 11 is 0. The fraction of sp³-hybridized carbons (Fsp3) is 0.214. The molecule has 1 aliphatic carbocycles. The van der Waals surface area contributed by atoms with E-state index in [9.17, 15) is 4.79 Å². The van der Waals surface area contributed by atoms with E-state index in [0.717, 1.165) is 23.1 Å². The molecule has 80 valence electrons. The second kappa shape index (κ2) is 3.34. The summed E-state index contributed by atoms with van der Waals surface area (Å²) in [7, 11) is 0. The van der Waals surface area contributed by atoms with Gasteiger partial charge in [0.15, 0.2) is 0 Å². The molecule has 0 fully saturated rings. The molecule has 0 saturated heterocycles. The van der Waals surface area contributed by atoms with Crippen LogP contribution in [0.4, 0.5) is 5.69 Å². The average Bonchev–Trinajstić information content (AvgIpc) is 2.28. The number of carbonyl (C=O) groups is 1. The summed E-state index contributed by atoms with van der Waals surface area (Å²) in [6.45, 7) is 0. The van der Waals surface area contributed by atoms with Gasteiger partial charge in [0, 0.05) is 23.9 Å². The molecule has 2 aromatic rings. The number of carbonyl (C=O) groups excluding carboxylic acids is 1. The lowest BCUT2D eigenvalue weighted by Crippen LogP contribution is -2.13. The van der Waals surface area contributed by atoms with Crippen molar-refractivity contribution in [1.29, 1.82) is 0 Å². The number of rotatable bonds is 0. The summed E-state index contributed by atoms with van der Waals surface area (Å²) in [5.74, 6) is 0.335. The first-order valence-electron chi connectivity index (χ1n) is 5.56. The predicted molar refractivity (Wildman–Crippen MR) is 65.4 cm³/mol. The van der Waals surface area contributed by atoms with Crippen LogP contribution in [-0.4, -0.2) is 5.78 Å². The van der Waals surface area contributed by atoms with E-state index in [2.05, 4.69) is 18.2 Å². The maximum absolute atomic E-state index is 11.4. The minimum absolute atomic E-state index is 0.335. The first-order chi connectivity index (χ1) is 7.74. The Kier molecular flexibility index (Phi) is 1.96. The van der Waals surface area contributed by atoms with Gasteiger partial charge in [-0.3, -0.25) is 4.79 Å². The summed E-state index contributed by atoms with van der Waals surface area (Å²) in [4.78, 5) is 11.4. The first-order valence-corrected chi connectivity index (χ1v) is 5.56. The number of hydrogen-bond donors (Lipinski definition) is 1. The van der Waals surface area contributed by atoms with Crippen molar-refractivity contribution in [3.8, 4) is 0 Å². The summed E-state index contributed by atoms with van der Waals surface area (Å²) in [5.41, 5.74) is 9.19. The molecule has 0 bridgehead atoms. The lowest BCUT2D eigenvalue weighted by molar-refractivity contribution is -0.118. The van der Waals surface area contributed by atoms with Crippen LogP contribution in [0.1, 0.15) is 17.5 Å². The number of ketones is 1. The summed E-state index contributed by atoms with van der Waals surface area (Å²) < 4.78 is 0. The topological polar surface area (TPSA) is 43.1 Å². The van der Waals surface area contributed by atoms with Crippen LogP contribution >= 0.6 is 0 Å². The minimum atomic E-state index is 0.335. The van der Waals surface area contributed by atoms with E-state index in [4.69, 9.17) is 5.73 Å². The van der Waals surface area contributed by atoms with Crippen LogP contribution < -0.4 is 5.73 Å². The standard InChI is InChI=1S/C14H13NO/c15-14-3-1-2-10-6-9-4-5-12(16)7-11(9)8-13(10)14/h1-3,6,8H,4-5,7,15H2. The largest absolute Gasteiger partial charge is 0.398 e. The average molecular weight is 211 g/mol. The smallest absolute Gasteiger partial charge is 0.137 e. The molecule has 0 heterocycles. The van der Waals surface area contributed by atoms with E-state index in [1.165, 1.54) is 10.9 Å². The highest BCUT2D eigenvalue weighted by Crippen LogP contribution is 2.28. The summed E-state index contributed by atoms with van der Waals surface area (Å²) in [6, 6.07) is 10.2. The number of anilines is 1. The summed E-state index contributed by atoms with van der Waals surface area (Å²) in [5, 5.41) is 2.24. The van der Waals surface area contributed by atoms with Crippen molar-refractivity contribution in [3.63, 3.8) is 0 Å². The van der Waals surface area contributed by atoms with Gasteiger partial charge in [0.1, 0.15) is 5.78 Å². The molecule has 0 spiro atoms. The van der Waals surface area contributed by atoms with Crippen molar-refractivity contribution in [2.24, 2.45) is 0 Å². The van der Waals surface area contributed by atoms with E-state index in [1.54, 1.807) is 0 Å². The number of hydrogen-bond acceptors (Lipinski definition) is 2. The van der Waals surface area contributed by atoms with Gasteiger partial charge in [0.05, 0.1) is 0 Å². The zero-order chi connectivity index (χ0) is 11.1. The number of fused-ring (bicyclic) bond motifs is 2. The van der Waals surface area contributed by atoms with Gasteiger partial charge in [-0.25, -0.2) is 0 Å². The van der Waals surface area contributed by atoms with Gasteiger partial charge in [0.25, 0.3) is 0 Å². The van der Waals surface area contributed by atoms with E-state index in [0.29, 0.717) is 18.6 Å². The van der Waals surface area contributed by atoms with Crippen LogP contribution in [0.3, 0.4) is 0 Å². The normalized spacial score (nSPS) is 15.1. The molecule has 16 heavy (non-hydrogen) atoms. The molecule has 1 aliphatic rings. The van der Waals surface area contributed by atoms with Gasteiger partial charge in [-0.05, 0) is 35.1 Å². The molecule has 2 N–H and O–H groups in total. The molecule has 2 aromatic carbocycles. The second-order valence-electron chi connectivity index (χ2n) is 4.40. The second-order valence-corrected chi connectivity index (χ2v) is 4.40. The monoisotopic (exact) mass is 211 g/mol. The Morgan fingerprint density at radius 3 is 2.81 bits per heavy atom. The molecule has 0 amide bonds. The minimum Gasteiger partial charge on any atom is -0.398 e. The van der Waals surface area contributed by atoms with Gasteiger partial charge >= 0.3 is 0 Å². The number of Topliss-reactive ketones (excluding diaryl/α,β-unsaturated/α-hetero) is 1. The van der Waals surface area contributed by atoms with Crippen LogP contribution in [-0.2, 0) is 17.6 Å². The molecule has 0 atom stereocenters. The van der Waals surface area contributed by atoms with Crippen molar-refractivity contribution in [1.82, 2.24) is 0 Å². The Bertz CT molecular complexity index is 587. The van der Waals surface area contributed by atoms with Crippen LogP contribution in [0.2, 0.25) is 0 Å². The Labute approximate surface area is 94.1 Å². The van der Waals surface area contributed by atoms with Gasteiger partial charge in [-0.15, -0.1) is 0 Å². The number of benzene rings is 2. The van der Waals surface area contributed by atoms with Crippen molar-refractivity contribution >= 4 is 22.2 Å². The third-order valence-corrected chi connectivity index (χ3v) is 3.30. The summed E-state index contributed by atoms with van der Waals surface area (Å²) in [6.07, 6.45) is 2.12. The quantitative estimate of drug-likeness (QED) is 0.680. The predicted octanol–water partition coefficient (Wildman–Crippen LogP) is 2.48. The van der Waals surface area contributed by atoms with Crippen LogP contribution in [0, 0.1) is 0 Å².